The van der Waals surface area contributed by atoms with Crippen molar-refractivity contribution in [1.82, 2.24) is 0 Å². The SMILES string of the molecule is OCC1(CNc2cc(Cl)ccc2Br)CCCCC1. The highest BCUT2D eigenvalue weighted by atomic mass is 79.9. The van der Waals surface area contributed by atoms with Gasteiger partial charge in [-0.15, -0.1) is 0 Å². The van der Waals surface area contributed by atoms with Crippen molar-refractivity contribution in [3.8, 4) is 0 Å². The van der Waals surface area contributed by atoms with Crippen LogP contribution in [0.25, 0.3) is 0 Å². The van der Waals surface area contributed by atoms with Crippen LogP contribution in [0.4, 0.5) is 5.69 Å². The second-order valence-electron chi connectivity index (χ2n) is 5.20. The van der Waals surface area contributed by atoms with Crippen molar-refractivity contribution >= 4 is 33.2 Å². The van der Waals surface area contributed by atoms with Crippen LogP contribution < -0.4 is 5.32 Å². The van der Waals surface area contributed by atoms with Gasteiger partial charge in [-0.05, 0) is 47.0 Å². The van der Waals surface area contributed by atoms with Crippen molar-refractivity contribution in [2.24, 2.45) is 5.41 Å². The summed E-state index contributed by atoms with van der Waals surface area (Å²) in [6.07, 6.45) is 5.95. The van der Waals surface area contributed by atoms with Gasteiger partial charge in [0.15, 0.2) is 0 Å². The number of hydrogen-bond donors (Lipinski definition) is 2. The minimum atomic E-state index is 0.0417. The number of nitrogens with one attached hydrogen (secondary N) is 1. The summed E-state index contributed by atoms with van der Waals surface area (Å²) in [5, 5.41) is 13.8. The minimum absolute atomic E-state index is 0.0417. The molecule has 2 nitrogen and oxygen atoms in total. The average Bonchev–Trinajstić information content (AvgIpc) is 2.41. The molecule has 0 heterocycles. The molecule has 0 spiro atoms. The minimum Gasteiger partial charge on any atom is -0.396 e. The van der Waals surface area contributed by atoms with E-state index in [9.17, 15) is 5.11 Å². The third-order valence-corrected chi connectivity index (χ3v) is 4.76. The summed E-state index contributed by atoms with van der Waals surface area (Å²) in [5.74, 6) is 0. The Morgan fingerprint density at radius 3 is 2.67 bits per heavy atom. The van der Waals surface area contributed by atoms with E-state index in [4.69, 9.17) is 11.6 Å². The van der Waals surface area contributed by atoms with Crippen molar-refractivity contribution in [2.45, 2.75) is 32.1 Å². The van der Waals surface area contributed by atoms with E-state index in [0.717, 1.165) is 34.6 Å². The molecule has 0 radical (unpaired) electrons. The molecule has 1 aromatic carbocycles. The molecular formula is C14H19BrClNO. The van der Waals surface area contributed by atoms with Gasteiger partial charge in [0.2, 0.25) is 0 Å². The van der Waals surface area contributed by atoms with E-state index in [0.29, 0.717) is 0 Å². The van der Waals surface area contributed by atoms with Crippen LogP contribution in [0.2, 0.25) is 5.02 Å². The Bertz CT molecular complexity index is 405. The number of anilines is 1. The summed E-state index contributed by atoms with van der Waals surface area (Å²) in [6, 6.07) is 5.72. The van der Waals surface area contributed by atoms with Crippen LogP contribution in [-0.4, -0.2) is 18.3 Å². The van der Waals surface area contributed by atoms with Gasteiger partial charge in [0, 0.05) is 27.1 Å². The van der Waals surface area contributed by atoms with Gasteiger partial charge >= 0.3 is 0 Å². The highest BCUT2D eigenvalue weighted by Gasteiger charge is 2.31. The molecule has 0 saturated heterocycles. The number of rotatable bonds is 4. The summed E-state index contributed by atoms with van der Waals surface area (Å²) >= 11 is 9.51. The molecule has 0 bridgehead atoms. The lowest BCUT2D eigenvalue weighted by Gasteiger charge is -2.36. The first-order chi connectivity index (χ1) is 8.65. The van der Waals surface area contributed by atoms with Crippen molar-refractivity contribution in [1.29, 1.82) is 0 Å². The van der Waals surface area contributed by atoms with Gasteiger partial charge in [-0.1, -0.05) is 30.9 Å². The van der Waals surface area contributed by atoms with Crippen LogP contribution in [-0.2, 0) is 0 Å². The Labute approximate surface area is 122 Å². The number of aliphatic hydroxyl groups excluding tert-OH is 1. The summed E-state index contributed by atoms with van der Waals surface area (Å²) < 4.78 is 1.01. The predicted octanol–water partition coefficient (Wildman–Crippen LogP) is 4.46. The Hall–Kier alpha value is -0.250. The average molecular weight is 333 g/mol. The summed E-state index contributed by atoms with van der Waals surface area (Å²) in [4.78, 5) is 0. The number of benzene rings is 1. The summed E-state index contributed by atoms with van der Waals surface area (Å²) in [5.41, 5.74) is 1.04. The zero-order valence-corrected chi connectivity index (χ0v) is 12.7. The summed E-state index contributed by atoms with van der Waals surface area (Å²) in [7, 11) is 0. The maximum atomic E-state index is 9.67. The van der Waals surface area contributed by atoms with E-state index < -0.39 is 0 Å². The third kappa shape index (κ3) is 3.40. The Balaban J connectivity index is 2.03. The van der Waals surface area contributed by atoms with Gasteiger partial charge < -0.3 is 10.4 Å². The molecule has 0 aromatic heterocycles. The van der Waals surface area contributed by atoms with Gasteiger partial charge in [0.25, 0.3) is 0 Å². The first-order valence-corrected chi connectivity index (χ1v) is 7.62. The van der Waals surface area contributed by atoms with Gasteiger partial charge in [-0.2, -0.15) is 0 Å². The second-order valence-corrected chi connectivity index (χ2v) is 6.49. The largest absolute Gasteiger partial charge is 0.396 e. The van der Waals surface area contributed by atoms with Crippen LogP contribution in [0.3, 0.4) is 0 Å². The number of hydrogen-bond acceptors (Lipinski definition) is 2. The van der Waals surface area contributed by atoms with Crippen LogP contribution in [0.15, 0.2) is 22.7 Å². The molecule has 2 rings (SSSR count). The molecule has 0 aliphatic heterocycles. The van der Waals surface area contributed by atoms with E-state index in [-0.39, 0.29) is 12.0 Å². The molecular weight excluding hydrogens is 314 g/mol. The molecule has 1 fully saturated rings. The van der Waals surface area contributed by atoms with Gasteiger partial charge in [0.1, 0.15) is 0 Å². The monoisotopic (exact) mass is 331 g/mol. The molecule has 1 aliphatic rings. The smallest absolute Gasteiger partial charge is 0.0504 e. The number of halogens is 2. The molecule has 18 heavy (non-hydrogen) atoms. The summed E-state index contributed by atoms with van der Waals surface area (Å²) in [6.45, 7) is 1.07. The van der Waals surface area contributed by atoms with E-state index >= 15 is 0 Å². The fourth-order valence-corrected chi connectivity index (χ4v) is 3.17. The normalized spacial score (nSPS) is 18.6. The maximum absolute atomic E-state index is 9.67. The Kier molecular flexibility index (Phi) is 4.93. The van der Waals surface area contributed by atoms with Crippen molar-refractivity contribution < 1.29 is 5.11 Å². The topological polar surface area (TPSA) is 32.3 Å². The lowest BCUT2D eigenvalue weighted by atomic mass is 9.74. The number of aliphatic hydroxyl groups is 1. The van der Waals surface area contributed by atoms with Crippen LogP contribution in [0.5, 0.6) is 0 Å². The molecule has 2 N–H and O–H groups in total. The van der Waals surface area contributed by atoms with E-state index in [2.05, 4.69) is 21.2 Å². The van der Waals surface area contributed by atoms with Gasteiger partial charge in [0.05, 0.1) is 6.61 Å². The predicted molar refractivity (Wildman–Crippen MR) is 80.2 cm³/mol. The van der Waals surface area contributed by atoms with Gasteiger partial charge in [-0.3, -0.25) is 0 Å². The lowest BCUT2D eigenvalue weighted by Crippen LogP contribution is -2.35. The molecule has 1 aliphatic carbocycles. The van der Waals surface area contributed by atoms with Crippen LogP contribution >= 0.6 is 27.5 Å². The standard InChI is InChI=1S/C14H19BrClNO/c15-12-5-4-11(16)8-13(12)17-9-14(10-18)6-2-1-3-7-14/h4-5,8,17-18H,1-3,6-7,9-10H2. The van der Waals surface area contributed by atoms with Crippen molar-refractivity contribution in [3.63, 3.8) is 0 Å². The molecule has 4 heteroatoms. The van der Waals surface area contributed by atoms with Crippen molar-refractivity contribution in [3.05, 3.63) is 27.7 Å². The Morgan fingerprint density at radius 2 is 2.00 bits per heavy atom. The third-order valence-electron chi connectivity index (χ3n) is 3.83. The van der Waals surface area contributed by atoms with Crippen LogP contribution in [0.1, 0.15) is 32.1 Å². The first kappa shape index (κ1) is 14.2. The first-order valence-electron chi connectivity index (χ1n) is 6.45. The zero-order valence-electron chi connectivity index (χ0n) is 10.4. The van der Waals surface area contributed by atoms with E-state index in [1.54, 1.807) is 0 Å². The highest BCUT2D eigenvalue weighted by molar-refractivity contribution is 9.10. The van der Waals surface area contributed by atoms with E-state index in [1.807, 2.05) is 18.2 Å². The highest BCUT2D eigenvalue weighted by Crippen LogP contribution is 2.36. The molecule has 100 valence electrons. The van der Waals surface area contributed by atoms with Gasteiger partial charge in [-0.25, -0.2) is 0 Å². The molecule has 1 saturated carbocycles. The lowest BCUT2D eigenvalue weighted by molar-refractivity contribution is 0.0944. The molecule has 0 atom stereocenters. The molecule has 0 unspecified atom stereocenters. The second kappa shape index (κ2) is 6.27. The zero-order chi connectivity index (χ0) is 13.0. The van der Waals surface area contributed by atoms with E-state index in [1.165, 1.54) is 19.3 Å². The fraction of sp³-hybridized carbons (Fsp3) is 0.571. The van der Waals surface area contributed by atoms with Crippen LogP contribution in [0, 0.1) is 5.41 Å². The Morgan fingerprint density at radius 1 is 1.28 bits per heavy atom. The molecule has 1 aromatic rings. The van der Waals surface area contributed by atoms with Crippen molar-refractivity contribution in [2.75, 3.05) is 18.5 Å². The molecule has 0 amide bonds. The fourth-order valence-electron chi connectivity index (χ4n) is 2.61. The quantitative estimate of drug-likeness (QED) is 0.853. The maximum Gasteiger partial charge on any atom is 0.0504 e.